The summed E-state index contributed by atoms with van der Waals surface area (Å²) in [7, 11) is 0. The third-order valence-corrected chi connectivity index (χ3v) is 3.79. The number of rotatable bonds is 5. The molecule has 0 atom stereocenters. The molecule has 0 spiro atoms. The van der Waals surface area contributed by atoms with Crippen LogP contribution in [0, 0.1) is 0 Å². The minimum atomic E-state index is -4.40. The molecule has 0 aromatic heterocycles. The van der Waals surface area contributed by atoms with Gasteiger partial charge in [-0.2, -0.15) is 13.2 Å². The summed E-state index contributed by atoms with van der Waals surface area (Å²) < 4.78 is 37.5. The number of nitrogens with zero attached hydrogens (tertiary/aromatic N) is 1. The van der Waals surface area contributed by atoms with Gasteiger partial charge in [-0.05, 0) is 49.9 Å². The van der Waals surface area contributed by atoms with Gasteiger partial charge in [0.1, 0.15) is 0 Å². The van der Waals surface area contributed by atoms with Gasteiger partial charge in [-0.3, -0.25) is 4.79 Å². The predicted molar refractivity (Wildman–Crippen MR) is 71.8 cm³/mol. The largest absolute Gasteiger partial charge is 0.416 e. The van der Waals surface area contributed by atoms with E-state index in [9.17, 15) is 18.0 Å². The van der Waals surface area contributed by atoms with Crippen molar-refractivity contribution in [3.63, 3.8) is 0 Å². The van der Waals surface area contributed by atoms with E-state index in [1.165, 1.54) is 12.1 Å². The number of carbonyl (C=O) groups is 1. The third-order valence-electron chi connectivity index (χ3n) is 3.79. The fourth-order valence-electron chi connectivity index (χ4n) is 2.36. The highest BCUT2D eigenvalue weighted by molar-refractivity contribution is 5.94. The molecule has 1 aromatic rings. The average molecular weight is 301 g/mol. The molecule has 1 aromatic carbocycles. The number of benzene rings is 1. The highest BCUT2D eigenvalue weighted by Gasteiger charge is 2.32. The summed E-state index contributed by atoms with van der Waals surface area (Å²) in [6.07, 6.45) is -1.04. The standard InChI is InChI=1S/C15H18F3NO2/c16-15(17,18)12-7-5-11(6-8-12)14(21)19(9-2-10-20)13-3-1-4-13/h5-8,13,20H,1-4,9-10H2. The number of aliphatic hydroxyl groups is 1. The monoisotopic (exact) mass is 301 g/mol. The van der Waals surface area contributed by atoms with E-state index in [2.05, 4.69) is 0 Å². The molecule has 6 heteroatoms. The number of hydrogen-bond acceptors (Lipinski definition) is 2. The Labute approximate surface area is 121 Å². The maximum Gasteiger partial charge on any atom is 0.416 e. The average Bonchev–Trinajstić information content (AvgIpc) is 2.39. The maximum absolute atomic E-state index is 12.5. The first kappa shape index (κ1) is 15.8. The van der Waals surface area contributed by atoms with Crippen LogP contribution in [0.4, 0.5) is 13.2 Å². The second kappa shape index (κ2) is 6.47. The molecule has 1 saturated carbocycles. The third kappa shape index (κ3) is 3.75. The quantitative estimate of drug-likeness (QED) is 0.908. The first-order chi connectivity index (χ1) is 9.93. The summed E-state index contributed by atoms with van der Waals surface area (Å²) in [4.78, 5) is 14.1. The van der Waals surface area contributed by atoms with Crippen LogP contribution < -0.4 is 0 Å². The zero-order valence-electron chi connectivity index (χ0n) is 11.6. The summed E-state index contributed by atoms with van der Waals surface area (Å²) >= 11 is 0. The van der Waals surface area contributed by atoms with E-state index in [4.69, 9.17) is 5.11 Å². The van der Waals surface area contributed by atoms with E-state index in [0.717, 1.165) is 31.4 Å². The van der Waals surface area contributed by atoms with E-state index in [0.29, 0.717) is 13.0 Å². The van der Waals surface area contributed by atoms with Gasteiger partial charge in [0.25, 0.3) is 5.91 Å². The lowest BCUT2D eigenvalue weighted by Crippen LogP contribution is -2.45. The highest BCUT2D eigenvalue weighted by atomic mass is 19.4. The molecule has 21 heavy (non-hydrogen) atoms. The molecule has 1 aliphatic rings. The van der Waals surface area contributed by atoms with Crippen molar-refractivity contribution in [2.75, 3.05) is 13.2 Å². The van der Waals surface area contributed by atoms with Gasteiger partial charge in [-0.1, -0.05) is 0 Å². The topological polar surface area (TPSA) is 40.5 Å². The Hall–Kier alpha value is -1.56. The Morgan fingerprint density at radius 1 is 1.24 bits per heavy atom. The Morgan fingerprint density at radius 3 is 2.29 bits per heavy atom. The van der Waals surface area contributed by atoms with Crippen molar-refractivity contribution in [1.29, 1.82) is 0 Å². The van der Waals surface area contributed by atoms with Crippen molar-refractivity contribution in [1.82, 2.24) is 4.90 Å². The zero-order valence-corrected chi connectivity index (χ0v) is 11.6. The zero-order chi connectivity index (χ0) is 15.5. The lowest BCUT2D eigenvalue weighted by Gasteiger charge is -2.37. The van der Waals surface area contributed by atoms with Gasteiger partial charge < -0.3 is 10.0 Å². The van der Waals surface area contributed by atoms with Crippen LogP contribution in [0.1, 0.15) is 41.6 Å². The lowest BCUT2D eigenvalue weighted by molar-refractivity contribution is -0.137. The van der Waals surface area contributed by atoms with E-state index in [1.807, 2.05) is 0 Å². The number of amides is 1. The molecule has 0 saturated heterocycles. The molecule has 1 amide bonds. The minimum absolute atomic E-state index is 0.0104. The van der Waals surface area contributed by atoms with Gasteiger partial charge in [0.05, 0.1) is 5.56 Å². The van der Waals surface area contributed by atoms with Crippen molar-refractivity contribution in [3.8, 4) is 0 Å². The number of hydrogen-bond donors (Lipinski definition) is 1. The SMILES string of the molecule is O=C(c1ccc(C(F)(F)F)cc1)N(CCCO)C1CCC1. The maximum atomic E-state index is 12.5. The minimum Gasteiger partial charge on any atom is -0.396 e. The molecule has 3 nitrogen and oxygen atoms in total. The molecule has 1 fully saturated rings. The van der Waals surface area contributed by atoms with Gasteiger partial charge in [0.2, 0.25) is 0 Å². The summed E-state index contributed by atoms with van der Waals surface area (Å²) in [5.41, 5.74) is -0.502. The number of alkyl halides is 3. The molecule has 0 radical (unpaired) electrons. The highest BCUT2D eigenvalue weighted by Crippen LogP contribution is 2.30. The summed E-state index contributed by atoms with van der Waals surface area (Å²) in [5.74, 6) is -0.262. The van der Waals surface area contributed by atoms with E-state index < -0.39 is 11.7 Å². The first-order valence-corrected chi connectivity index (χ1v) is 7.02. The summed E-state index contributed by atoms with van der Waals surface area (Å²) in [6, 6.07) is 4.44. The normalized spacial score (nSPS) is 15.6. The molecule has 0 bridgehead atoms. The first-order valence-electron chi connectivity index (χ1n) is 7.02. The van der Waals surface area contributed by atoms with Gasteiger partial charge in [0.15, 0.2) is 0 Å². The van der Waals surface area contributed by atoms with Gasteiger partial charge in [-0.25, -0.2) is 0 Å². The second-order valence-corrected chi connectivity index (χ2v) is 5.24. The molecule has 1 N–H and O–H groups in total. The van der Waals surface area contributed by atoms with Crippen molar-refractivity contribution >= 4 is 5.91 Å². The summed E-state index contributed by atoms with van der Waals surface area (Å²) in [5, 5.41) is 8.90. The van der Waals surface area contributed by atoms with Crippen LogP contribution in [0.5, 0.6) is 0 Å². The molecule has 0 heterocycles. The Kier molecular flexibility index (Phi) is 4.88. The molecular formula is C15H18F3NO2. The number of carbonyl (C=O) groups excluding carboxylic acids is 1. The van der Waals surface area contributed by atoms with Crippen LogP contribution in [0.15, 0.2) is 24.3 Å². The van der Waals surface area contributed by atoms with Crippen LogP contribution in [0.3, 0.4) is 0 Å². The van der Waals surface area contributed by atoms with E-state index >= 15 is 0 Å². The van der Waals surface area contributed by atoms with Gasteiger partial charge in [0, 0.05) is 24.8 Å². The van der Waals surface area contributed by atoms with Crippen LogP contribution in [0.25, 0.3) is 0 Å². The Balaban J connectivity index is 2.12. The fourth-order valence-corrected chi connectivity index (χ4v) is 2.36. The molecule has 0 unspecified atom stereocenters. The molecule has 116 valence electrons. The van der Waals surface area contributed by atoms with Crippen LogP contribution in [-0.2, 0) is 6.18 Å². The van der Waals surface area contributed by atoms with E-state index in [1.54, 1.807) is 4.90 Å². The van der Waals surface area contributed by atoms with Crippen molar-refractivity contribution in [2.24, 2.45) is 0 Å². The van der Waals surface area contributed by atoms with Crippen molar-refractivity contribution < 1.29 is 23.1 Å². The predicted octanol–water partition coefficient (Wildman–Crippen LogP) is 3.08. The number of aliphatic hydroxyl groups excluding tert-OH is 1. The molecule has 0 aliphatic heterocycles. The molecule has 1 aliphatic carbocycles. The van der Waals surface area contributed by atoms with Gasteiger partial charge >= 0.3 is 6.18 Å². The van der Waals surface area contributed by atoms with Crippen LogP contribution >= 0.6 is 0 Å². The smallest absolute Gasteiger partial charge is 0.396 e. The van der Waals surface area contributed by atoms with Crippen LogP contribution in [-0.4, -0.2) is 35.1 Å². The van der Waals surface area contributed by atoms with Crippen molar-refractivity contribution in [2.45, 2.75) is 37.9 Å². The molecular weight excluding hydrogens is 283 g/mol. The Bertz CT molecular complexity index is 481. The van der Waals surface area contributed by atoms with Gasteiger partial charge in [-0.15, -0.1) is 0 Å². The van der Waals surface area contributed by atoms with E-state index in [-0.39, 0.29) is 24.1 Å². The molecule has 2 rings (SSSR count). The second-order valence-electron chi connectivity index (χ2n) is 5.24. The van der Waals surface area contributed by atoms with Crippen LogP contribution in [0.2, 0.25) is 0 Å². The number of halogens is 3. The van der Waals surface area contributed by atoms with Crippen molar-refractivity contribution in [3.05, 3.63) is 35.4 Å². The summed E-state index contributed by atoms with van der Waals surface area (Å²) in [6.45, 7) is 0.421. The lowest BCUT2D eigenvalue weighted by atomic mass is 9.90. The fraction of sp³-hybridized carbons (Fsp3) is 0.533. The Morgan fingerprint density at radius 2 is 1.86 bits per heavy atom.